The molecule has 0 saturated heterocycles. The Balaban J connectivity index is 0.000000140. The van der Waals surface area contributed by atoms with Crippen molar-refractivity contribution in [1.82, 2.24) is 19.1 Å². The molecule has 0 bridgehead atoms. The molecular weight excluding hydrogens is 176 g/mol. The standard InChI is InChI=1S/2C5H8N2/c1-5-3-7(2)4-6-5;1-5-6-3-4-7(5)2/h2*3-4H,1-2H3. The number of aryl methyl sites for hydroxylation is 4. The van der Waals surface area contributed by atoms with Crippen molar-refractivity contribution in [3.05, 3.63) is 36.4 Å². The van der Waals surface area contributed by atoms with Crippen LogP contribution in [0.25, 0.3) is 0 Å². The molecule has 0 N–H and O–H groups in total. The zero-order chi connectivity index (χ0) is 10.6. The first-order valence-corrected chi connectivity index (χ1v) is 4.48. The third-order valence-electron chi connectivity index (χ3n) is 1.90. The molecule has 4 heteroatoms. The van der Waals surface area contributed by atoms with Crippen LogP contribution in [0.2, 0.25) is 0 Å². The van der Waals surface area contributed by atoms with Gasteiger partial charge < -0.3 is 9.13 Å². The zero-order valence-electron chi connectivity index (χ0n) is 9.10. The lowest BCUT2D eigenvalue weighted by Gasteiger charge is -1.87. The van der Waals surface area contributed by atoms with Crippen LogP contribution in [0.15, 0.2) is 24.9 Å². The average molecular weight is 192 g/mol. The minimum atomic E-state index is 1.06. The topological polar surface area (TPSA) is 35.6 Å². The normalized spacial score (nSPS) is 9.43. The van der Waals surface area contributed by atoms with Crippen LogP contribution >= 0.6 is 0 Å². The summed E-state index contributed by atoms with van der Waals surface area (Å²) < 4.78 is 3.90. The van der Waals surface area contributed by atoms with Crippen molar-refractivity contribution in [1.29, 1.82) is 0 Å². The highest BCUT2D eigenvalue weighted by Gasteiger charge is 1.83. The Hall–Kier alpha value is -1.58. The van der Waals surface area contributed by atoms with E-state index < -0.39 is 0 Å². The number of rotatable bonds is 0. The van der Waals surface area contributed by atoms with Crippen molar-refractivity contribution in [3.63, 3.8) is 0 Å². The molecule has 76 valence electrons. The molecule has 0 aromatic carbocycles. The van der Waals surface area contributed by atoms with E-state index in [4.69, 9.17) is 0 Å². The van der Waals surface area contributed by atoms with E-state index in [1.165, 1.54) is 0 Å². The van der Waals surface area contributed by atoms with Gasteiger partial charge in [-0.05, 0) is 13.8 Å². The summed E-state index contributed by atoms with van der Waals surface area (Å²) in [6.45, 7) is 3.94. The maximum Gasteiger partial charge on any atom is 0.105 e. The van der Waals surface area contributed by atoms with E-state index >= 15 is 0 Å². The third kappa shape index (κ3) is 3.05. The predicted molar refractivity (Wildman–Crippen MR) is 55.9 cm³/mol. The lowest BCUT2D eigenvalue weighted by atomic mass is 10.6. The van der Waals surface area contributed by atoms with Crippen LogP contribution in [-0.2, 0) is 14.1 Å². The Morgan fingerprint density at radius 1 is 1.14 bits per heavy atom. The molecule has 2 heterocycles. The summed E-state index contributed by atoms with van der Waals surface area (Å²) in [5.74, 6) is 1.06. The summed E-state index contributed by atoms with van der Waals surface area (Å²) in [6, 6.07) is 0. The van der Waals surface area contributed by atoms with Gasteiger partial charge in [-0.2, -0.15) is 0 Å². The molecule has 0 unspecified atom stereocenters. The first-order chi connectivity index (χ1) is 6.59. The molecule has 0 fully saturated rings. The number of aromatic nitrogens is 4. The van der Waals surface area contributed by atoms with E-state index in [0.29, 0.717) is 0 Å². The molecule has 0 amide bonds. The van der Waals surface area contributed by atoms with E-state index in [1.54, 1.807) is 12.5 Å². The van der Waals surface area contributed by atoms with Gasteiger partial charge in [0.25, 0.3) is 0 Å². The van der Waals surface area contributed by atoms with Gasteiger partial charge in [0, 0.05) is 32.7 Å². The molecule has 2 aromatic heterocycles. The van der Waals surface area contributed by atoms with Gasteiger partial charge in [0.15, 0.2) is 0 Å². The average Bonchev–Trinajstić information content (AvgIpc) is 2.65. The monoisotopic (exact) mass is 192 g/mol. The highest BCUT2D eigenvalue weighted by Crippen LogP contribution is 1.87. The van der Waals surface area contributed by atoms with Crippen LogP contribution in [0.5, 0.6) is 0 Å². The largest absolute Gasteiger partial charge is 0.340 e. The first-order valence-electron chi connectivity index (χ1n) is 4.48. The van der Waals surface area contributed by atoms with Gasteiger partial charge in [-0.3, -0.25) is 0 Å². The number of nitrogens with zero attached hydrogens (tertiary/aromatic N) is 4. The fourth-order valence-electron chi connectivity index (χ4n) is 0.984. The van der Waals surface area contributed by atoms with Gasteiger partial charge in [0.1, 0.15) is 5.82 Å². The summed E-state index contributed by atoms with van der Waals surface area (Å²) in [5.41, 5.74) is 1.07. The van der Waals surface area contributed by atoms with Crippen molar-refractivity contribution in [2.75, 3.05) is 0 Å². The summed E-state index contributed by atoms with van der Waals surface area (Å²) in [7, 11) is 3.93. The minimum Gasteiger partial charge on any atom is -0.340 e. The van der Waals surface area contributed by atoms with E-state index in [2.05, 4.69) is 9.97 Å². The van der Waals surface area contributed by atoms with Crippen LogP contribution < -0.4 is 0 Å². The number of hydrogen-bond donors (Lipinski definition) is 0. The van der Waals surface area contributed by atoms with E-state index in [1.807, 2.05) is 49.5 Å². The molecular formula is C10H16N4. The van der Waals surface area contributed by atoms with Gasteiger partial charge >= 0.3 is 0 Å². The Morgan fingerprint density at radius 2 is 1.86 bits per heavy atom. The highest BCUT2D eigenvalue weighted by molar-refractivity contribution is 4.90. The third-order valence-corrected chi connectivity index (χ3v) is 1.90. The van der Waals surface area contributed by atoms with Gasteiger partial charge in [-0.25, -0.2) is 9.97 Å². The zero-order valence-corrected chi connectivity index (χ0v) is 9.10. The molecule has 2 rings (SSSR count). The maximum absolute atomic E-state index is 3.98. The van der Waals surface area contributed by atoms with Crippen LogP contribution in [0, 0.1) is 13.8 Å². The molecule has 0 aliphatic heterocycles. The molecule has 2 aromatic rings. The maximum atomic E-state index is 3.98. The summed E-state index contributed by atoms with van der Waals surface area (Å²) in [6.07, 6.45) is 7.47. The second-order valence-electron chi connectivity index (χ2n) is 3.27. The van der Waals surface area contributed by atoms with Crippen LogP contribution in [0.3, 0.4) is 0 Å². The van der Waals surface area contributed by atoms with Gasteiger partial charge in [-0.1, -0.05) is 0 Å². The van der Waals surface area contributed by atoms with Crippen LogP contribution in [0.4, 0.5) is 0 Å². The SMILES string of the molecule is Cc1cn(C)cn1.Cc1nccn1C. The van der Waals surface area contributed by atoms with E-state index in [9.17, 15) is 0 Å². The molecule has 0 spiro atoms. The molecule has 0 atom stereocenters. The van der Waals surface area contributed by atoms with Crippen LogP contribution in [0.1, 0.15) is 11.5 Å². The van der Waals surface area contributed by atoms with Gasteiger partial charge in [-0.15, -0.1) is 0 Å². The number of imidazole rings is 2. The highest BCUT2D eigenvalue weighted by atomic mass is 15.0. The molecule has 14 heavy (non-hydrogen) atoms. The molecule has 0 radical (unpaired) electrons. The van der Waals surface area contributed by atoms with Crippen molar-refractivity contribution in [2.45, 2.75) is 13.8 Å². The molecule has 0 aliphatic carbocycles. The minimum absolute atomic E-state index is 1.06. The lowest BCUT2D eigenvalue weighted by Crippen LogP contribution is -1.86. The Morgan fingerprint density at radius 3 is 2.00 bits per heavy atom. The second-order valence-corrected chi connectivity index (χ2v) is 3.27. The van der Waals surface area contributed by atoms with Gasteiger partial charge in [0.2, 0.25) is 0 Å². The molecule has 0 aliphatic rings. The number of hydrogen-bond acceptors (Lipinski definition) is 2. The molecule has 4 nitrogen and oxygen atoms in total. The lowest BCUT2D eigenvalue weighted by molar-refractivity contribution is 0.858. The predicted octanol–water partition coefficient (Wildman–Crippen LogP) is 1.46. The van der Waals surface area contributed by atoms with Crippen molar-refractivity contribution in [3.8, 4) is 0 Å². The van der Waals surface area contributed by atoms with Gasteiger partial charge in [0.05, 0.1) is 12.0 Å². The summed E-state index contributed by atoms with van der Waals surface area (Å²) >= 11 is 0. The van der Waals surface area contributed by atoms with Crippen molar-refractivity contribution < 1.29 is 0 Å². The van der Waals surface area contributed by atoms with Crippen LogP contribution in [-0.4, -0.2) is 19.1 Å². The fraction of sp³-hybridized carbons (Fsp3) is 0.400. The van der Waals surface area contributed by atoms with Crippen molar-refractivity contribution in [2.24, 2.45) is 14.1 Å². The first kappa shape index (κ1) is 10.5. The van der Waals surface area contributed by atoms with Crippen molar-refractivity contribution >= 4 is 0 Å². The Bertz CT molecular complexity index is 353. The quantitative estimate of drug-likeness (QED) is 0.633. The fourth-order valence-corrected chi connectivity index (χ4v) is 0.984. The summed E-state index contributed by atoms with van der Waals surface area (Å²) in [5, 5.41) is 0. The smallest absolute Gasteiger partial charge is 0.105 e. The summed E-state index contributed by atoms with van der Waals surface area (Å²) in [4.78, 5) is 7.96. The van der Waals surface area contributed by atoms with E-state index in [0.717, 1.165) is 11.5 Å². The van der Waals surface area contributed by atoms with E-state index in [-0.39, 0.29) is 0 Å². The Kier molecular flexibility index (Phi) is 3.45. The molecule has 0 saturated carbocycles. The second kappa shape index (κ2) is 4.60. The Labute approximate surface area is 84.2 Å².